The molecule has 20 heavy (non-hydrogen) atoms. The molecule has 3 N–H and O–H groups in total. The van der Waals surface area contributed by atoms with Crippen molar-refractivity contribution in [2.75, 3.05) is 6.54 Å². The van der Waals surface area contributed by atoms with Gasteiger partial charge < -0.3 is 15.7 Å². The summed E-state index contributed by atoms with van der Waals surface area (Å²) >= 11 is 0. The van der Waals surface area contributed by atoms with Crippen LogP contribution in [0.15, 0.2) is 0 Å². The highest BCUT2D eigenvalue weighted by Crippen LogP contribution is 2.32. The van der Waals surface area contributed by atoms with Crippen LogP contribution in [0, 0.1) is 11.8 Å². The van der Waals surface area contributed by atoms with Gasteiger partial charge >= 0.3 is 0 Å². The van der Waals surface area contributed by atoms with Gasteiger partial charge in [-0.3, -0.25) is 4.79 Å². The van der Waals surface area contributed by atoms with Crippen molar-refractivity contribution in [3.63, 3.8) is 0 Å². The number of amides is 1. The van der Waals surface area contributed by atoms with E-state index in [2.05, 4.69) is 10.6 Å². The first kappa shape index (κ1) is 14.3. The van der Waals surface area contributed by atoms with Crippen molar-refractivity contribution in [2.45, 2.75) is 76.0 Å². The Balaban J connectivity index is 1.39. The molecule has 0 aromatic carbocycles. The van der Waals surface area contributed by atoms with Gasteiger partial charge in [0.25, 0.3) is 0 Å². The minimum absolute atomic E-state index is 0.189. The highest BCUT2D eigenvalue weighted by atomic mass is 16.3. The topological polar surface area (TPSA) is 61.4 Å². The zero-order chi connectivity index (χ0) is 13.9. The van der Waals surface area contributed by atoms with Crippen LogP contribution >= 0.6 is 0 Å². The number of carbonyl (C=O) groups excluding carboxylic acids is 1. The van der Waals surface area contributed by atoms with E-state index in [-0.39, 0.29) is 17.9 Å². The number of nitrogens with one attached hydrogen (secondary N) is 2. The van der Waals surface area contributed by atoms with Crippen LogP contribution in [-0.4, -0.2) is 35.7 Å². The second-order valence-electron chi connectivity index (χ2n) is 7.10. The van der Waals surface area contributed by atoms with E-state index in [1.54, 1.807) is 0 Å². The molecule has 4 heteroatoms. The van der Waals surface area contributed by atoms with Gasteiger partial charge in [0.15, 0.2) is 0 Å². The molecule has 0 radical (unpaired) electrons. The predicted molar refractivity (Wildman–Crippen MR) is 78.3 cm³/mol. The normalized spacial score (nSPS) is 40.5. The van der Waals surface area contributed by atoms with Gasteiger partial charge in [-0.05, 0) is 44.4 Å². The quantitative estimate of drug-likeness (QED) is 0.732. The molecule has 1 aliphatic carbocycles. The number of hydrogen-bond acceptors (Lipinski definition) is 3. The SMILES string of the molecule is O=C(CC1CC2CCC(C1)N2)NCC1CCCCC1O. The molecule has 2 heterocycles. The number of fused-ring (bicyclic) bond motifs is 2. The van der Waals surface area contributed by atoms with Gasteiger partial charge in [-0.2, -0.15) is 0 Å². The Morgan fingerprint density at radius 2 is 1.80 bits per heavy atom. The molecule has 4 atom stereocenters. The Labute approximate surface area is 121 Å². The summed E-state index contributed by atoms with van der Waals surface area (Å²) in [6.45, 7) is 0.665. The van der Waals surface area contributed by atoms with Crippen LogP contribution in [0.5, 0.6) is 0 Å². The molecular formula is C16H28N2O2. The van der Waals surface area contributed by atoms with E-state index < -0.39 is 0 Å². The molecule has 4 nitrogen and oxygen atoms in total. The Bertz CT molecular complexity index is 335. The monoisotopic (exact) mass is 280 g/mol. The fourth-order valence-electron chi connectivity index (χ4n) is 4.35. The van der Waals surface area contributed by atoms with Crippen LogP contribution in [0.3, 0.4) is 0 Å². The van der Waals surface area contributed by atoms with Gasteiger partial charge in [0.2, 0.25) is 5.91 Å². The first-order chi connectivity index (χ1) is 9.70. The van der Waals surface area contributed by atoms with Crippen molar-refractivity contribution in [1.82, 2.24) is 10.6 Å². The minimum Gasteiger partial charge on any atom is -0.393 e. The summed E-state index contributed by atoms with van der Waals surface area (Å²) in [5.41, 5.74) is 0. The van der Waals surface area contributed by atoms with Crippen LogP contribution in [-0.2, 0) is 4.79 Å². The Hall–Kier alpha value is -0.610. The van der Waals surface area contributed by atoms with Crippen molar-refractivity contribution < 1.29 is 9.90 Å². The lowest BCUT2D eigenvalue weighted by atomic mass is 9.86. The molecule has 2 saturated heterocycles. The van der Waals surface area contributed by atoms with Crippen LogP contribution in [0.4, 0.5) is 0 Å². The molecule has 1 amide bonds. The minimum atomic E-state index is -0.209. The van der Waals surface area contributed by atoms with Crippen LogP contribution < -0.4 is 10.6 Å². The summed E-state index contributed by atoms with van der Waals surface area (Å²) in [5, 5.41) is 16.6. The molecule has 3 aliphatic rings. The Kier molecular flexibility index (Phi) is 4.61. The molecule has 3 rings (SSSR count). The number of rotatable bonds is 4. The molecule has 4 unspecified atom stereocenters. The Morgan fingerprint density at radius 1 is 1.10 bits per heavy atom. The first-order valence-corrected chi connectivity index (χ1v) is 8.41. The number of aliphatic hydroxyl groups is 1. The third kappa shape index (κ3) is 3.53. The fourth-order valence-corrected chi connectivity index (χ4v) is 4.35. The standard InChI is InChI=1S/C16H28N2O2/c19-15-4-2-1-3-12(15)10-17-16(20)9-11-7-13-5-6-14(8-11)18-13/h11-15,18-19H,1-10H2,(H,17,20). The lowest BCUT2D eigenvalue weighted by molar-refractivity contribution is -0.122. The number of aliphatic hydroxyl groups excluding tert-OH is 1. The van der Waals surface area contributed by atoms with E-state index in [4.69, 9.17) is 0 Å². The molecule has 1 saturated carbocycles. The van der Waals surface area contributed by atoms with Crippen molar-refractivity contribution in [3.05, 3.63) is 0 Å². The van der Waals surface area contributed by atoms with Gasteiger partial charge in [-0.25, -0.2) is 0 Å². The van der Waals surface area contributed by atoms with E-state index in [1.165, 1.54) is 19.3 Å². The van der Waals surface area contributed by atoms with Crippen LogP contribution in [0.2, 0.25) is 0 Å². The second kappa shape index (κ2) is 6.44. The highest BCUT2D eigenvalue weighted by molar-refractivity contribution is 5.76. The lowest BCUT2D eigenvalue weighted by Crippen LogP contribution is -2.41. The Morgan fingerprint density at radius 3 is 2.50 bits per heavy atom. The summed E-state index contributed by atoms with van der Waals surface area (Å²) in [6, 6.07) is 1.32. The molecule has 0 spiro atoms. The van der Waals surface area contributed by atoms with E-state index in [0.717, 1.165) is 32.1 Å². The van der Waals surface area contributed by atoms with Gasteiger partial charge in [-0.15, -0.1) is 0 Å². The number of piperidine rings is 1. The molecule has 0 aromatic heterocycles. The highest BCUT2D eigenvalue weighted by Gasteiger charge is 2.34. The average molecular weight is 280 g/mol. The number of hydrogen-bond donors (Lipinski definition) is 3. The molecule has 114 valence electrons. The van der Waals surface area contributed by atoms with E-state index in [9.17, 15) is 9.90 Å². The maximum atomic E-state index is 12.1. The maximum Gasteiger partial charge on any atom is 0.220 e. The molecule has 0 aromatic rings. The largest absolute Gasteiger partial charge is 0.393 e. The van der Waals surface area contributed by atoms with Crippen molar-refractivity contribution >= 4 is 5.91 Å². The van der Waals surface area contributed by atoms with Crippen molar-refractivity contribution in [3.8, 4) is 0 Å². The zero-order valence-corrected chi connectivity index (χ0v) is 12.3. The third-order valence-corrected chi connectivity index (χ3v) is 5.48. The summed E-state index contributed by atoms with van der Waals surface area (Å²) in [4.78, 5) is 12.1. The number of carbonyl (C=O) groups is 1. The van der Waals surface area contributed by atoms with Crippen LogP contribution in [0.25, 0.3) is 0 Å². The average Bonchev–Trinajstić information content (AvgIpc) is 2.77. The smallest absolute Gasteiger partial charge is 0.220 e. The first-order valence-electron chi connectivity index (χ1n) is 8.41. The van der Waals surface area contributed by atoms with Gasteiger partial charge in [0.1, 0.15) is 0 Å². The van der Waals surface area contributed by atoms with E-state index in [1.807, 2.05) is 0 Å². The fraction of sp³-hybridized carbons (Fsp3) is 0.938. The molecular weight excluding hydrogens is 252 g/mol. The van der Waals surface area contributed by atoms with E-state index in [0.29, 0.717) is 31.0 Å². The summed E-state index contributed by atoms with van der Waals surface area (Å²) < 4.78 is 0. The second-order valence-corrected chi connectivity index (χ2v) is 7.10. The van der Waals surface area contributed by atoms with Crippen LogP contribution in [0.1, 0.15) is 57.8 Å². The lowest BCUT2D eigenvalue weighted by Gasteiger charge is -2.30. The van der Waals surface area contributed by atoms with Gasteiger partial charge in [-0.1, -0.05) is 12.8 Å². The van der Waals surface area contributed by atoms with Gasteiger partial charge in [0, 0.05) is 31.0 Å². The van der Waals surface area contributed by atoms with Gasteiger partial charge in [0.05, 0.1) is 6.10 Å². The predicted octanol–water partition coefficient (Wildman–Crippen LogP) is 1.57. The van der Waals surface area contributed by atoms with Crippen molar-refractivity contribution in [2.24, 2.45) is 11.8 Å². The van der Waals surface area contributed by atoms with Crippen molar-refractivity contribution in [1.29, 1.82) is 0 Å². The maximum absolute atomic E-state index is 12.1. The summed E-state index contributed by atoms with van der Waals surface area (Å²) in [7, 11) is 0. The van der Waals surface area contributed by atoms with E-state index >= 15 is 0 Å². The summed E-state index contributed by atoms with van der Waals surface area (Å²) in [5.74, 6) is 1.02. The summed E-state index contributed by atoms with van der Waals surface area (Å²) in [6.07, 6.45) is 9.65. The third-order valence-electron chi connectivity index (χ3n) is 5.48. The molecule has 2 bridgehead atoms. The molecule has 3 fully saturated rings. The molecule has 2 aliphatic heterocycles. The zero-order valence-electron chi connectivity index (χ0n) is 12.3.